The number of aromatic hydroxyl groups is 1. The third kappa shape index (κ3) is 4.04. The van der Waals surface area contributed by atoms with E-state index in [9.17, 15) is 23.5 Å². The monoisotopic (exact) mass is 483 g/mol. The van der Waals surface area contributed by atoms with Gasteiger partial charge in [0.05, 0.1) is 0 Å². The molecule has 9 heteroatoms. The van der Waals surface area contributed by atoms with Crippen LogP contribution in [0.5, 0.6) is 5.75 Å². The highest BCUT2D eigenvalue weighted by Gasteiger charge is 2.35. The molecule has 1 saturated heterocycles. The van der Waals surface area contributed by atoms with Gasteiger partial charge >= 0.3 is 0 Å². The summed E-state index contributed by atoms with van der Waals surface area (Å²) in [6.45, 7) is 0.666. The summed E-state index contributed by atoms with van der Waals surface area (Å²) in [6, 6.07) is 12.2. The first-order valence-corrected chi connectivity index (χ1v) is 12.1. The van der Waals surface area contributed by atoms with E-state index in [2.05, 4.69) is 5.43 Å². The van der Waals surface area contributed by atoms with Crippen molar-refractivity contribution >= 4 is 17.7 Å². The molecule has 6 rings (SSSR count). The molecule has 6 nitrogen and oxygen atoms in total. The predicted molar refractivity (Wildman–Crippen MR) is 126 cm³/mol. The zero-order chi connectivity index (χ0) is 23.8. The van der Waals surface area contributed by atoms with Gasteiger partial charge in [-0.25, -0.2) is 8.78 Å². The second kappa shape index (κ2) is 9.13. The van der Waals surface area contributed by atoms with Crippen LogP contribution in [0.2, 0.25) is 0 Å². The van der Waals surface area contributed by atoms with Crippen LogP contribution in [0.15, 0.2) is 58.4 Å². The van der Waals surface area contributed by atoms with E-state index in [0.29, 0.717) is 24.3 Å². The molecule has 0 aliphatic carbocycles. The van der Waals surface area contributed by atoms with Crippen molar-refractivity contribution in [2.45, 2.75) is 42.5 Å². The summed E-state index contributed by atoms with van der Waals surface area (Å²) < 4.78 is 28.3. The molecule has 1 amide bonds. The number of carbonyl (C=O) groups is 1. The molecule has 1 aromatic heterocycles. The van der Waals surface area contributed by atoms with Gasteiger partial charge in [0.2, 0.25) is 5.43 Å². The first kappa shape index (κ1) is 22.5. The van der Waals surface area contributed by atoms with E-state index in [1.807, 2.05) is 24.3 Å². The van der Waals surface area contributed by atoms with Gasteiger partial charge in [-0.2, -0.15) is 0 Å². The molecule has 0 bridgehead atoms. The number of nitrogens with zero attached hydrogens (tertiary/aromatic N) is 2. The van der Waals surface area contributed by atoms with E-state index in [4.69, 9.17) is 0 Å². The molecule has 3 aliphatic heterocycles. The molecule has 0 radical (unpaired) electrons. The molecule has 3 aliphatic rings. The minimum absolute atomic E-state index is 0.0364. The van der Waals surface area contributed by atoms with Gasteiger partial charge in [-0.15, -0.1) is 11.8 Å². The van der Waals surface area contributed by atoms with Crippen molar-refractivity contribution in [2.75, 3.05) is 12.0 Å². The average Bonchev–Trinajstić information content (AvgIpc) is 3.04. The number of nitrogens with one attached hydrogen (secondary N) is 1. The van der Waals surface area contributed by atoms with Crippen molar-refractivity contribution in [3.63, 3.8) is 0 Å². The fraction of sp³-hybridized carbons (Fsp3) is 0.280. The summed E-state index contributed by atoms with van der Waals surface area (Å²) in [7, 11) is 0. The molecule has 34 heavy (non-hydrogen) atoms. The molecule has 4 heterocycles. The van der Waals surface area contributed by atoms with Crippen LogP contribution in [-0.2, 0) is 12.2 Å². The number of amides is 1. The Hall–Kier alpha value is -3.33. The highest BCUT2D eigenvalue weighted by molar-refractivity contribution is 7.98. The zero-order valence-corrected chi connectivity index (χ0v) is 19.1. The standard InChI is InChI=1S/C14H10F2S.C11H13N3O3/c15-12-6-5-9-7-10-3-1-2-4-13(10)17-8-11(9)14(12)16;15-7-4-6-14-9(10(7)16)11(17)13-5-2-1-3-8(13)12-14/h1-6H,7-8H2;4,6,8,12,16H,1-3,5H2. The number of pyridine rings is 1. The van der Waals surface area contributed by atoms with E-state index in [1.165, 1.54) is 28.6 Å². The van der Waals surface area contributed by atoms with Crippen LogP contribution in [0.25, 0.3) is 0 Å². The maximum absolute atomic E-state index is 13.7. The molecule has 176 valence electrons. The van der Waals surface area contributed by atoms with Gasteiger partial charge in [-0.05, 0) is 48.9 Å². The quantitative estimate of drug-likeness (QED) is 0.501. The molecule has 3 aromatic rings. The number of halogens is 2. The van der Waals surface area contributed by atoms with Crippen molar-refractivity contribution in [2.24, 2.45) is 0 Å². The lowest BCUT2D eigenvalue weighted by atomic mass is 10.0. The number of benzene rings is 2. The fourth-order valence-corrected chi connectivity index (χ4v) is 5.66. The minimum atomic E-state index is -0.754. The van der Waals surface area contributed by atoms with E-state index < -0.39 is 22.8 Å². The molecule has 0 saturated carbocycles. The summed E-state index contributed by atoms with van der Waals surface area (Å²) in [6.07, 6.45) is 5.05. The Kier molecular flexibility index (Phi) is 6.03. The number of aromatic nitrogens is 1. The van der Waals surface area contributed by atoms with Gasteiger partial charge in [0.1, 0.15) is 6.17 Å². The molecular weight excluding hydrogens is 460 g/mol. The van der Waals surface area contributed by atoms with Gasteiger partial charge in [0.25, 0.3) is 5.91 Å². The number of carbonyl (C=O) groups excluding carboxylic acids is 1. The minimum Gasteiger partial charge on any atom is -0.502 e. The van der Waals surface area contributed by atoms with Crippen molar-refractivity contribution in [3.05, 3.63) is 92.9 Å². The second-order valence-electron chi connectivity index (χ2n) is 8.46. The van der Waals surface area contributed by atoms with Crippen molar-refractivity contribution in [1.82, 2.24) is 9.58 Å². The Bertz CT molecular complexity index is 1330. The van der Waals surface area contributed by atoms with Gasteiger partial charge in [0.15, 0.2) is 23.1 Å². The molecular formula is C25H23F2N3O3S. The summed E-state index contributed by atoms with van der Waals surface area (Å²) in [4.78, 5) is 26.4. The first-order valence-electron chi connectivity index (χ1n) is 11.1. The molecule has 1 atom stereocenters. The Labute approximate surface area is 199 Å². The molecule has 2 N–H and O–H groups in total. The van der Waals surface area contributed by atoms with Gasteiger partial charge in [-0.3, -0.25) is 14.3 Å². The molecule has 2 aromatic carbocycles. The van der Waals surface area contributed by atoms with E-state index >= 15 is 0 Å². The SMILES string of the molecule is Fc1ccc2c(c1F)CSc1ccccc1C2.O=C1c2c(O)c(=O)ccn2NC2CCCCN12. The van der Waals surface area contributed by atoms with E-state index in [0.717, 1.165) is 29.7 Å². The average molecular weight is 484 g/mol. The van der Waals surface area contributed by atoms with Crippen LogP contribution in [0.4, 0.5) is 8.78 Å². The molecule has 0 spiro atoms. The lowest BCUT2D eigenvalue weighted by Crippen LogP contribution is -2.55. The third-order valence-corrected chi connectivity index (χ3v) is 7.49. The second-order valence-corrected chi connectivity index (χ2v) is 9.48. The number of hydrogen-bond acceptors (Lipinski definition) is 5. The Morgan fingerprint density at radius 2 is 1.85 bits per heavy atom. The fourth-order valence-electron chi connectivity index (χ4n) is 4.54. The summed E-state index contributed by atoms with van der Waals surface area (Å²) in [5.41, 5.74) is 5.21. The normalized spacial score (nSPS) is 18.2. The topological polar surface area (TPSA) is 74.6 Å². The van der Waals surface area contributed by atoms with Crippen LogP contribution in [0, 0.1) is 11.6 Å². The summed E-state index contributed by atoms with van der Waals surface area (Å²) in [5, 5.41) is 9.68. The van der Waals surface area contributed by atoms with Gasteiger partial charge in [-0.1, -0.05) is 24.3 Å². The predicted octanol–water partition coefficient (Wildman–Crippen LogP) is 4.22. The maximum atomic E-state index is 13.7. The lowest BCUT2D eigenvalue weighted by Gasteiger charge is -2.41. The highest BCUT2D eigenvalue weighted by Crippen LogP contribution is 2.35. The molecule has 1 unspecified atom stereocenters. The van der Waals surface area contributed by atoms with Gasteiger partial charge < -0.3 is 15.4 Å². The Morgan fingerprint density at radius 1 is 1.03 bits per heavy atom. The Morgan fingerprint density at radius 3 is 2.71 bits per heavy atom. The maximum Gasteiger partial charge on any atom is 0.278 e. The highest BCUT2D eigenvalue weighted by atomic mass is 32.2. The summed E-state index contributed by atoms with van der Waals surface area (Å²) in [5.74, 6) is -1.70. The third-order valence-electron chi connectivity index (χ3n) is 6.35. The lowest BCUT2D eigenvalue weighted by molar-refractivity contribution is 0.0569. The van der Waals surface area contributed by atoms with Crippen LogP contribution in [0.1, 0.15) is 46.4 Å². The van der Waals surface area contributed by atoms with Crippen LogP contribution >= 0.6 is 11.8 Å². The van der Waals surface area contributed by atoms with Crippen LogP contribution in [-0.4, -0.2) is 33.3 Å². The van der Waals surface area contributed by atoms with Crippen molar-refractivity contribution in [3.8, 4) is 5.75 Å². The first-order chi connectivity index (χ1) is 16.4. The number of hydrogen-bond donors (Lipinski definition) is 2. The largest absolute Gasteiger partial charge is 0.502 e. The van der Waals surface area contributed by atoms with Gasteiger partial charge in [0, 0.05) is 35.0 Å². The van der Waals surface area contributed by atoms with Crippen molar-refractivity contribution in [1.29, 1.82) is 0 Å². The van der Waals surface area contributed by atoms with Crippen molar-refractivity contribution < 1.29 is 18.7 Å². The van der Waals surface area contributed by atoms with Crippen LogP contribution in [0.3, 0.4) is 0 Å². The van der Waals surface area contributed by atoms with E-state index in [-0.39, 0.29) is 17.8 Å². The summed E-state index contributed by atoms with van der Waals surface area (Å²) >= 11 is 1.57. The Balaban J connectivity index is 0.000000142. The van der Waals surface area contributed by atoms with E-state index in [1.54, 1.807) is 22.7 Å². The number of piperidine rings is 1. The number of fused-ring (bicyclic) bond motifs is 4. The number of thioether (sulfide) groups is 1. The van der Waals surface area contributed by atoms with Crippen LogP contribution < -0.4 is 10.9 Å². The zero-order valence-electron chi connectivity index (χ0n) is 18.3. The smallest absolute Gasteiger partial charge is 0.278 e. The number of rotatable bonds is 0. The molecule has 1 fully saturated rings.